The number of ether oxygens (including phenoxy) is 1. The highest BCUT2D eigenvalue weighted by Crippen LogP contribution is 2.23. The molecule has 0 saturated heterocycles. The molecule has 3 aromatic rings. The molecule has 3 heterocycles. The zero-order valence-corrected chi connectivity index (χ0v) is 20.2. The number of nitrogens with zero attached hydrogens (tertiary/aromatic N) is 4. The maximum absolute atomic E-state index is 5.43. The van der Waals surface area contributed by atoms with Gasteiger partial charge in [-0.2, -0.15) is 5.10 Å². The van der Waals surface area contributed by atoms with Gasteiger partial charge in [0.05, 0.1) is 26.0 Å². The number of hydrogen-bond donors (Lipinski definition) is 2. The van der Waals surface area contributed by atoms with Crippen molar-refractivity contribution in [2.75, 3.05) is 13.7 Å². The summed E-state index contributed by atoms with van der Waals surface area (Å²) in [6.07, 6.45) is 4.55. The van der Waals surface area contributed by atoms with Crippen LogP contribution >= 0.6 is 24.0 Å². The Labute approximate surface area is 199 Å². The van der Waals surface area contributed by atoms with Gasteiger partial charge in [0, 0.05) is 19.5 Å². The second-order valence-corrected chi connectivity index (χ2v) is 7.35. The van der Waals surface area contributed by atoms with Gasteiger partial charge in [-0.05, 0) is 49.6 Å². The molecule has 0 amide bonds. The third-order valence-corrected chi connectivity index (χ3v) is 5.11. The Bertz CT molecular complexity index is 969. The summed E-state index contributed by atoms with van der Waals surface area (Å²) >= 11 is 0. The van der Waals surface area contributed by atoms with Gasteiger partial charge in [0.15, 0.2) is 5.96 Å². The molecule has 166 valence electrons. The maximum atomic E-state index is 5.43. The summed E-state index contributed by atoms with van der Waals surface area (Å²) < 4.78 is 12.7. The molecule has 0 bridgehead atoms. The van der Waals surface area contributed by atoms with Gasteiger partial charge in [-0.15, -0.1) is 24.0 Å². The van der Waals surface area contributed by atoms with Gasteiger partial charge < -0.3 is 19.8 Å². The average molecular weight is 536 g/mol. The SMILES string of the molecule is COc1ccc(CN=C(NCCc2ccco2)NC2CCCn3nc(C)nc32)cc1.I. The molecule has 4 rings (SSSR count). The van der Waals surface area contributed by atoms with E-state index in [0.29, 0.717) is 6.54 Å². The summed E-state index contributed by atoms with van der Waals surface area (Å²) in [7, 11) is 1.67. The Hall–Kier alpha value is -2.56. The quantitative estimate of drug-likeness (QED) is 0.273. The second-order valence-electron chi connectivity index (χ2n) is 7.35. The highest BCUT2D eigenvalue weighted by atomic mass is 127. The molecule has 0 aliphatic carbocycles. The van der Waals surface area contributed by atoms with Crippen molar-refractivity contribution in [3.8, 4) is 5.75 Å². The minimum atomic E-state index is 0. The fraction of sp³-hybridized carbons (Fsp3) is 0.409. The topological polar surface area (TPSA) is 89.5 Å². The van der Waals surface area contributed by atoms with Crippen LogP contribution in [0.1, 0.15) is 41.9 Å². The molecule has 1 aliphatic rings. The lowest BCUT2D eigenvalue weighted by molar-refractivity contribution is 0.397. The van der Waals surface area contributed by atoms with Gasteiger partial charge >= 0.3 is 0 Å². The molecule has 9 heteroatoms. The van der Waals surface area contributed by atoms with Crippen molar-refractivity contribution in [1.82, 2.24) is 25.4 Å². The summed E-state index contributed by atoms with van der Waals surface area (Å²) in [4.78, 5) is 9.43. The number of halogens is 1. The number of nitrogens with one attached hydrogen (secondary N) is 2. The van der Waals surface area contributed by atoms with Crippen molar-refractivity contribution in [2.45, 2.75) is 45.3 Å². The van der Waals surface area contributed by atoms with E-state index in [1.54, 1.807) is 13.4 Å². The van der Waals surface area contributed by atoms with E-state index >= 15 is 0 Å². The summed E-state index contributed by atoms with van der Waals surface area (Å²) in [6.45, 7) is 4.14. The van der Waals surface area contributed by atoms with E-state index in [9.17, 15) is 0 Å². The van der Waals surface area contributed by atoms with Crippen molar-refractivity contribution in [1.29, 1.82) is 0 Å². The average Bonchev–Trinajstić information content (AvgIpc) is 3.41. The smallest absolute Gasteiger partial charge is 0.192 e. The fourth-order valence-electron chi connectivity index (χ4n) is 3.58. The molecular formula is C22H29IN6O2. The number of methoxy groups -OCH3 is 1. The van der Waals surface area contributed by atoms with Crippen molar-refractivity contribution >= 4 is 29.9 Å². The molecule has 31 heavy (non-hydrogen) atoms. The van der Waals surface area contributed by atoms with Crippen molar-refractivity contribution < 1.29 is 9.15 Å². The molecule has 2 N–H and O–H groups in total. The first-order valence-electron chi connectivity index (χ1n) is 10.3. The Morgan fingerprint density at radius 1 is 1.29 bits per heavy atom. The molecule has 0 fully saturated rings. The standard InChI is InChI=1S/C22H28N6O2.HI/c1-16-25-21-20(6-3-13-28(21)27-16)26-22(23-12-11-19-5-4-14-30-19)24-15-17-7-9-18(29-2)10-8-17;/h4-5,7-10,14,20H,3,6,11-13,15H2,1-2H3,(H2,23,24,26);1H. The molecule has 2 aromatic heterocycles. The first-order chi connectivity index (χ1) is 14.7. The molecule has 1 aliphatic heterocycles. The monoisotopic (exact) mass is 536 g/mol. The number of rotatable bonds is 7. The second kappa shape index (κ2) is 11.2. The first-order valence-corrected chi connectivity index (χ1v) is 10.3. The van der Waals surface area contributed by atoms with E-state index < -0.39 is 0 Å². The fourth-order valence-corrected chi connectivity index (χ4v) is 3.58. The van der Waals surface area contributed by atoms with Gasteiger partial charge in [0.1, 0.15) is 23.2 Å². The van der Waals surface area contributed by atoms with Crippen LogP contribution in [0.4, 0.5) is 0 Å². The number of guanidine groups is 1. The van der Waals surface area contributed by atoms with Crippen molar-refractivity contribution in [3.05, 3.63) is 65.6 Å². The summed E-state index contributed by atoms with van der Waals surface area (Å²) in [6, 6.07) is 11.9. The summed E-state index contributed by atoms with van der Waals surface area (Å²) in [5.41, 5.74) is 1.12. The van der Waals surface area contributed by atoms with Crippen LogP contribution in [0.2, 0.25) is 0 Å². The van der Waals surface area contributed by atoms with E-state index in [1.165, 1.54) is 0 Å². The first kappa shape index (κ1) is 23.1. The lowest BCUT2D eigenvalue weighted by atomic mass is 10.1. The Kier molecular flexibility index (Phi) is 8.33. The largest absolute Gasteiger partial charge is 0.497 e. The minimum absolute atomic E-state index is 0. The molecule has 8 nitrogen and oxygen atoms in total. The summed E-state index contributed by atoms with van der Waals surface area (Å²) in [5, 5.41) is 11.5. The van der Waals surface area contributed by atoms with Gasteiger partial charge in [-0.3, -0.25) is 0 Å². The summed E-state index contributed by atoms with van der Waals surface area (Å²) in [5.74, 6) is 4.33. The van der Waals surface area contributed by atoms with Crippen LogP contribution in [-0.4, -0.2) is 34.4 Å². The van der Waals surface area contributed by atoms with Gasteiger partial charge in [-0.1, -0.05) is 12.1 Å². The molecule has 1 atom stereocenters. The van der Waals surface area contributed by atoms with Crippen LogP contribution in [0.5, 0.6) is 5.75 Å². The van der Waals surface area contributed by atoms with E-state index in [2.05, 4.69) is 20.7 Å². The van der Waals surface area contributed by atoms with Crippen molar-refractivity contribution in [2.24, 2.45) is 4.99 Å². The highest BCUT2D eigenvalue weighted by Gasteiger charge is 2.24. The van der Waals surface area contributed by atoms with E-state index in [0.717, 1.165) is 67.0 Å². The third kappa shape index (κ3) is 6.22. The zero-order chi connectivity index (χ0) is 20.8. The van der Waals surface area contributed by atoms with Crippen LogP contribution in [-0.2, 0) is 19.5 Å². The molecular weight excluding hydrogens is 507 g/mol. The van der Waals surface area contributed by atoms with Crippen LogP contribution in [0.25, 0.3) is 0 Å². The van der Waals surface area contributed by atoms with Crippen LogP contribution in [0, 0.1) is 6.92 Å². The normalized spacial score (nSPS) is 15.7. The number of aromatic nitrogens is 3. The molecule has 0 spiro atoms. The lowest BCUT2D eigenvalue weighted by Crippen LogP contribution is -2.42. The highest BCUT2D eigenvalue weighted by molar-refractivity contribution is 14.0. The van der Waals surface area contributed by atoms with Gasteiger partial charge in [0.25, 0.3) is 0 Å². The minimum Gasteiger partial charge on any atom is -0.497 e. The lowest BCUT2D eigenvalue weighted by Gasteiger charge is -2.25. The van der Waals surface area contributed by atoms with Crippen LogP contribution < -0.4 is 15.4 Å². The predicted octanol–water partition coefficient (Wildman–Crippen LogP) is 3.62. The van der Waals surface area contributed by atoms with E-state index in [1.807, 2.05) is 48.0 Å². The van der Waals surface area contributed by atoms with Gasteiger partial charge in [-0.25, -0.2) is 14.7 Å². The number of benzene rings is 1. The Balaban J connectivity index is 0.00000272. The van der Waals surface area contributed by atoms with E-state index in [4.69, 9.17) is 14.1 Å². The zero-order valence-electron chi connectivity index (χ0n) is 17.9. The number of aliphatic imine (C=N–C) groups is 1. The number of furan rings is 1. The third-order valence-electron chi connectivity index (χ3n) is 5.11. The molecule has 1 aromatic carbocycles. The number of aryl methyl sites for hydroxylation is 2. The maximum Gasteiger partial charge on any atom is 0.192 e. The Morgan fingerprint density at radius 2 is 2.13 bits per heavy atom. The molecule has 0 radical (unpaired) electrons. The van der Waals surface area contributed by atoms with Crippen molar-refractivity contribution in [3.63, 3.8) is 0 Å². The predicted molar refractivity (Wildman–Crippen MR) is 130 cm³/mol. The van der Waals surface area contributed by atoms with E-state index in [-0.39, 0.29) is 30.0 Å². The van der Waals surface area contributed by atoms with Gasteiger partial charge in [0.2, 0.25) is 0 Å². The molecule has 0 saturated carbocycles. The molecule has 1 unspecified atom stereocenters. The number of fused-ring (bicyclic) bond motifs is 1. The van der Waals surface area contributed by atoms with Crippen LogP contribution in [0.15, 0.2) is 52.1 Å². The number of hydrogen-bond acceptors (Lipinski definition) is 5. The Morgan fingerprint density at radius 3 is 2.87 bits per heavy atom. The van der Waals surface area contributed by atoms with Crippen LogP contribution in [0.3, 0.4) is 0 Å².